The number of fused-ring (bicyclic) bond motifs is 1. The molecule has 0 aliphatic rings. The molecule has 0 saturated carbocycles. The van der Waals surface area contributed by atoms with Crippen LogP contribution in [-0.2, 0) is 0 Å². The highest BCUT2D eigenvalue weighted by molar-refractivity contribution is 5.95. The van der Waals surface area contributed by atoms with Gasteiger partial charge in [0, 0.05) is 16.3 Å². The first-order valence-electron chi connectivity index (χ1n) is 10.2. The van der Waals surface area contributed by atoms with Gasteiger partial charge in [-0.1, -0.05) is 67.1 Å². The molecule has 0 fully saturated rings. The fourth-order valence-electron chi connectivity index (χ4n) is 3.20. The highest BCUT2D eigenvalue weighted by atomic mass is 16.5. The summed E-state index contributed by atoms with van der Waals surface area (Å²) in [5.74, 6) is 0.124. The van der Waals surface area contributed by atoms with E-state index in [2.05, 4.69) is 50.6 Å². The Morgan fingerprint density at radius 1 is 1.13 bits per heavy atom. The molecule has 0 aliphatic carbocycles. The van der Waals surface area contributed by atoms with E-state index in [1.54, 1.807) is 6.07 Å². The van der Waals surface area contributed by atoms with Crippen LogP contribution in [0.2, 0.25) is 0 Å². The van der Waals surface area contributed by atoms with Crippen molar-refractivity contribution in [2.75, 3.05) is 0 Å². The molecule has 3 rings (SSSR count). The van der Waals surface area contributed by atoms with Gasteiger partial charge >= 0.3 is 5.97 Å². The van der Waals surface area contributed by atoms with Crippen LogP contribution in [0.4, 0.5) is 0 Å². The number of ether oxygens (including phenoxy) is 1. The summed E-state index contributed by atoms with van der Waals surface area (Å²) >= 11 is 0. The molecule has 0 spiro atoms. The first-order chi connectivity index (χ1) is 14.4. The highest BCUT2D eigenvalue weighted by Gasteiger charge is 2.15. The number of para-hydroxylation sites is 1. The molecule has 1 N–H and O–H groups in total. The first-order valence-corrected chi connectivity index (χ1v) is 10.2. The Kier molecular flexibility index (Phi) is 6.73. The predicted molar refractivity (Wildman–Crippen MR) is 126 cm³/mol. The summed E-state index contributed by atoms with van der Waals surface area (Å²) < 4.78 is 5.51. The number of carbonyl (C=O) groups excluding carboxylic acids is 1. The minimum atomic E-state index is -0.395. The number of benzene rings is 2. The maximum absolute atomic E-state index is 12.4. The number of hydrogen-bond donors (Lipinski definition) is 1. The second kappa shape index (κ2) is 9.45. The molecule has 3 aromatic rings. The lowest BCUT2D eigenvalue weighted by Crippen LogP contribution is -2.09. The van der Waals surface area contributed by atoms with Crippen molar-refractivity contribution in [2.24, 2.45) is 5.41 Å². The van der Waals surface area contributed by atoms with Crippen molar-refractivity contribution in [3.63, 3.8) is 0 Å². The van der Waals surface area contributed by atoms with Gasteiger partial charge in [0.25, 0.3) is 0 Å². The van der Waals surface area contributed by atoms with Crippen LogP contribution in [0.5, 0.6) is 5.75 Å². The third kappa shape index (κ3) is 5.60. The van der Waals surface area contributed by atoms with Crippen LogP contribution >= 0.6 is 0 Å². The first kappa shape index (κ1) is 21.4. The van der Waals surface area contributed by atoms with E-state index in [9.17, 15) is 4.79 Å². The van der Waals surface area contributed by atoms with Crippen LogP contribution in [0.25, 0.3) is 17.0 Å². The van der Waals surface area contributed by atoms with Gasteiger partial charge in [0.05, 0.1) is 0 Å². The van der Waals surface area contributed by atoms with Crippen molar-refractivity contribution in [1.82, 2.24) is 4.98 Å². The van der Waals surface area contributed by atoms with Gasteiger partial charge in [-0.25, -0.2) is 4.79 Å². The van der Waals surface area contributed by atoms with Crippen molar-refractivity contribution < 1.29 is 9.53 Å². The minimum absolute atomic E-state index is 0.0628. The molecular weight excluding hydrogens is 370 g/mol. The number of carbonyl (C=O) groups is 1. The molecule has 3 heteroatoms. The molecule has 1 heterocycles. The normalized spacial score (nSPS) is 13.2. The van der Waals surface area contributed by atoms with Gasteiger partial charge in [-0.15, -0.1) is 6.58 Å². The largest absolute Gasteiger partial charge is 0.422 e. The van der Waals surface area contributed by atoms with Crippen LogP contribution < -0.4 is 4.74 Å². The van der Waals surface area contributed by atoms with Gasteiger partial charge in [-0.2, -0.15) is 0 Å². The third-order valence-corrected chi connectivity index (χ3v) is 5.20. The Balaban J connectivity index is 1.63. The van der Waals surface area contributed by atoms with Crippen LogP contribution in [0.15, 0.2) is 85.0 Å². The maximum atomic E-state index is 12.4. The quantitative estimate of drug-likeness (QED) is 0.245. The molecule has 0 amide bonds. The molecule has 30 heavy (non-hydrogen) atoms. The van der Waals surface area contributed by atoms with Crippen LogP contribution in [-0.4, -0.2) is 11.0 Å². The molecular formula is C27H29NO2. The molecule has 2 aromatic carbocycles. The number of aromatic nitrogens is 1. The van der Waals surface area contributed by atoms with E-state index in [1.807, 2.05) is 54.6 Å². The van der Waals surface area contributed by atoms with E-state index in [0.29, 0.717) is 11.4 Å². The van der Waals surface area contributed by atoms with E-state index in [0.717, 1.165) is 29.3 Å². The molecule has 0 aliphatic heterocycles. The summed E-state index contributed by atoms with van der Waals surface area (Å²) in [7, 11) is 0. The smallest absolute Gasteiger partial charge is 0.360 e. The van der Waals surface area contributed by atoms with E-state index in [1.165, 1.54) is 5.57 Å². The average molecular weight is 400 g/mol. The van der Waals surface area contributed by atoms with E-state index in [4.69, 9.17) is 4.74 Å². The summed E-state index contributed by atoms with van der Waals surface area (Å²) in [5, 5.41) is 0.986. The van der Waals surface area contributed by atoms with Gasteiger partial charge in [-0.3, -0.25) is 0 Å². The SMILES string of the molecule is C=C[C@@](C)(/C=C/c1ccc(OC(=O)c2cc3ccccc3[nH]2)cc1)CCC=C(C)C. The fraction of sp³-hybridized carbons (Fsp3) is 0.222. The highest BCUT2D eigenvalue weighted by Crippen LogP contribution is 2.28. The Morgan fingerprint density at radius 2 is 1.87 bits per heavy atom. The van der Waals surface area contributed by atoms with E-state index < -0.39 is 5.97 Å². The van der Waals surface area contributed by atoms with Crippen LogP contribution in [0.1, 0.15) is 49.7 Å². The number of allylic oxidation sites excluding steroid dienone is 4. The van der Waals surface area contributed by atoms with Crippen molar-refractivity contribution in [1.29, 1.82) is 0 Å². The summed E-state index contributed by atoms with van der Waals surface area (Å²) in [6.45, 7) is 10.4. The van der Waals surface area contributed by atoms with Gasteiger partial charge in [0.15, 0.2) is 0 Å². The van der Waals surface area contributed by atoms with Gasteiger partial charge in [0.1, 0.15) is 11.4 Å². The summed E-state index contributed by atoms with van der Waals surface area (Å²) in [6, 6.07) is 17.1. The van der Waals surface area contributed by atoms with Gasteiger partial charge in [0.2, 0.25) is 0 Å². The Morgan fingerprint density at radius 3 is 2.53 bits per heavy atom. The lowest BCUT2D eigenvalue weighted by Gasteiger charge is -2.20. The second-order valence-electron chi connectivity index (χ2n) is 8.09. The number of hydrogen-bond acceptors (Lipinski definition) is 2. The number of nitrogens with one attached hydrogen (secondary N) is 1. The number of rotatable bonds is 8. The average Bonchev–Trinajstić information content (AvgIpc) is 3.17. The molecule has 0 bridgehead atoms. The van der Waals surface area contributed by atoms with Gasteiger partial charge < -0.3 is 9.72 Å². The molecule has 0 saturated heterocycles. The van der Waals surface area contributed by atoms with Crippen molar-refractivity contribution in [3.8, 4) is 5.75 Å². The molecule has 0 unspecified atom stereocenters. The number of esters is 1. The summed E-state index contributed by atoms with van der Waals surface area (Å²) in [5.41, 5.74) is 3.68. The lowest BCUT2D eigenvalue weighted by atomic mass is 9.84. The minimum Gasteiger partial charge on any atom is -0.422 e. The third-order valence-electron chi connectivity index (χ3n) is 5.20. The van der Waals surface area contributed by atoms with E-state index in [-0.39, 0.29) is 5.41 Å². The zero-order valence-electron chi connectivity index (χ0n) is 17.9. The Labute approximate surface area is 178 Å². The topological polar surface area (TPSA) is 42.1 Å². The van der Waals surface area contributed by atoms with Crippen molar-refractivity contribution in [3.05, 3.63) is 96.2 Å². The Bertz CT molecular complexity index is 1050. The van der Waals surface area contributed by atoms with Crippen LogP contribution in [0, 0.1) is 5.41 Å². The monoisotopic (exact) mass is 399 g/mol. The van der Waals surface area contributed by atoms with Gasteiger partial charge in [-0.05, 0) is 56.5 Å². The predicted octanol–water partition coefficient (Wildman–Crippen LogP) is 7.34. The summed E-state index contributed by atoms with van der Waals surface area (Å²) in [6.07, 6.45) is 10.6. The summed E-state index contributed by atoms with van der Waals surface area (Å²) in [4.78, 5) is 15.5. The van der Waals surface area contributed by atoms with Crippen molar-refractivity contribution in [2.45, 2.75) is 33.6 Å². The molecule has 1 aromatic heterocycles. The zero-order chi connectivity index (χ0) is 21.6. The Hall–Kier alpha value is -3.33. The number of H-pyrrole nitrogens is 1. The standard InChI is InChI=1S/C27H29NO2/c1-5-27(4,17-8-9-20(2)3)18-16-21-12-14-23(15-13-21)30-26(29)25-19-22-10-6-7-11-24(22)28-25/h5-7,9-16,18-19,28H,1,8,17H2,2-4H3/b18-16+/t27-/m1/s1. The zero-order valence-corrected chi connectivity index (χ0v) is 17.9. The molecule has 1 atom stereocenters. The second-order valence-corrected chi connectivity index (χ2v) is 8.09. The van der Waals surface area contributed by atoms with E-state index >= 15 is 0 Å². The molecule has 3 nitrogen and oxygen atoms in total. The number of aromatic amines is 1. The molecule has 0 radical (unpaired) electrons. The van der Waals surface area contributed by atoms with Crippen LogP contribution in [0.3, 0.4) is 0 Å². The molecule has 154 valence electrons. The fourth-order valence-corrected chi connectivity index (χ4v) is 3.20. The lowest BCUT2D eigenvalue weighted by molar-refractivity contribution is 0.0729. The maximum Gasteiger partial charge on any atom is 0.360 e. The van der Waals surface area contributed by atoms with Crippen molar-refractivity contribution >= 4 is 22.9 Å².